The van der Waals surface area contributed by atoms with E-state index in [0.29, 0.717) is 28.2 Å². The fraction of sp³-hybridized carbons (Fsp3) is 0.474. The highest BCUT2D eigenvalue weighted by atomic mass is 32.2. The number of primary sulfonamides is 1. The number of anilines is 1. The second-order valence-electron chi connectivity index (χ2n) is 8.08. The Bertz CT molecular complexity index is 1110. The largest absolute Gasteiger partial charge is 0.382 e. The van der Waals surface area contributed by atoms with E-state index in [4.69, 9.17) is 5.14 Å². The van der Waals surface area contributed by atoms with E-state index in [1.54, 1.807) is 21.0 Å². The van der Waals surface area contributed by atoms with Gasteiger partial charge in [-0.1, -0.05) is 13.8 Å². The lowest BCUT2D eigenvalue weighted by Crippen LogP contribution is -2.24. The van der Waals surface area contributed by atoms with Gasteiger partial charge in [-0.25, -0.2) is 18.5 Å². The molecule has 0 atom stereocenters. The monoisotopic (exact) mass is 390 g/mol. The van der Waals surface area contributed by atoms with E-state index in [-0.39, 0.29) is 15.9 Å². The molecule has 7 nitrogen and oxygen atoms in total. The highest BCUT2D eigenvalue weighted by molar-refractivity contribution is 7.89. The number of rotatable bonds is 3. The molecule has 1 aromatic heterocycles. The number of fused-ring (bicyclic) bond motifs is 1. The first-order chi connectivity index (χ1) is 12.4. The number of nitrogens with zero attached hydrogens (tertiary/aromatic N) is 2. The molecule has 0 amide bonds. The van der Waals surface area contributed by atoms with Gasteiger partial charge in [0.1, 0.15) is 11.5 Å². The third kappa shape index (κ3) is 3.06. The molecule has 1 heterocycles. The number of nitrogens with one attached hydrogen (secondary N) is 1. The van der Waals surface area contributed by atoms with Crippen LogP contribution in [0.4, 0.5) is 5.69 Å². The number of benzene rings is 1. The minimum Gasteiger partial charge on any atom is -0.382 e. The van der Waals surface area contributed by atoms with Crippen molar-refractivity contribution in [1.82, 2.24) is 9.55 Å². The molecule has 0 saturated heterocycles. The van der Waals surface area contributed by atoms with Gasteiger partial charge in [0.25, 0.3) is 5.56 Å². The van der Waals surface area contributed by atoms with Gasteiger partial charge in [-0.05, 0) is 54.4 Å². The molecule has 8 heteroatoms. The molecule has 0 saturated carbocycles. The summed E-state index contributed by atoms with van der Waals surface area (Å²) in [5.74, 6) is 0.454. The molecule has 3 rings (SSSR count). The minimum absolute atomic E-state index is 0.00491. The van der Waals surface area contributed by atoms with Crippen LogP contribution in [-0.2, 0) is 29.9 Å². The van der Waals surface area contributed by atoms with E-state index in [1.807, 2.05) is 6.92 Å². The zero-order chi connectivity index (χ0) is 20.3. The Hall–Kier alpha value is -2.19. The van der Waals surface area contributed by atoms with E-state index in [1.165, 1.54) is 10.8 Å². The smallest absolute Gasteiger partial charge is 0.276 e. The van der Waals surface area contributed by atoms with Gasteiger partial charge in [0.15, 0.2) is 0 Å². The third-order valence-corrected chi connectivity index (χ3v) is 6.61. The first-order valence-electron chi connectivity index (χ1n) is 8.81. The minimum atomic E-state index is -3.92. The SMILES string of the molecule is CNc1cnc(-c2c(C)c(S(N)(=O)=O)c(C)c3c2CC(C)(C)C3)n(C)c1=O. The molecule has 27 heavy (non-hydrogen) atoms. The second kappa shape index (κ2) is 6.17. The number of hydrogen-bond donors (Lipinski definition) is 2. The van der Waals surface area contributed by atoms with Gasteiger partial charge in [0, 0.05) is 19.7 Å². The molecule has 0 fully saturated rings. The van der Waals surface area contributed by atoms with Crippen LogP contribution < -0.4 is 16.0 Å². The number of hydrogen-bond acceptors (Lipinski definition) is 5. The van der Waals surface area contributed by atoms with Gasteiger partial charge >= 0.3 is 0 Å². The highest BCUT2D eigenvalue weighted by Crippen LogP contribution is 2.45. The lowest BCUT2D eigenvalue weighted by molar-refractivity contribution is 0.392. The van der Waals surface area contributed by atoms with Gasteiger partial charge in [0.05, 0.1) is 11.1 Å². The van der Waals surface area contributed by atoms with Crippen molar-refractivity contribution < 1.29 is 8.42 Å². The number of nitrogens with two attached hydrogens (primary N) is 1. The first kappa shape index (κ1) is 19.6. The molecule has 0 unspecified atom stereocenters. The molecule has 1 aromatic carbocycles. The number of sulfonamides is 1. The molecule has 0 aliphatic heterocycles. The summed E-state index contributed by atoms with van der Waals surface area (Å²) < 4.78 is 26.2. The van der Waals surface area contributed by atoms with Crippen LogP contribution in [0.5, 0.6) is 0 Å². The zero-order valence-corrected chi connectivity index (χ0v) is 17.4. The maximum Gasteiger partial charge on any atom is 0.276 e. The molecular weight excluding hydrogens is 364 g/mol. The predicted octanol–water partition coefficient (Wildman–Crippen LogP) is 1.88. The van der Waals surface area contributed by atoms with Crippen LogP contribution in [0, 0.1) is 19.3 Å². The second-order valence-corrected chi connectivity index (χ2v) is 9.58. The molecule has 0 radical (unpaired) electrons. The maximum absolute atomic E-state index is 12.6. The summed E-state index contributed by atoms with van der Waals surface area (Å²) >= 11 is 0. The van der Waals surface area contributed by atoms with Crippen molar-refractivity contribution in [3.63, 3.8) is 0 Å². The molecule has 0 spiro atoms. The van der Waals surface area contributed by atoms with Crippen molar-refractivity contribution in [1.29, 1.82) is 0 Å². The summed E-state index contributed by atoms with van der Waals surface area (Å²) in [6.45, 7) is 7.86. The van der Waals surface area contributed by atoms with Crippen LogP contribution in [0.3, 0.4) is 0 Å². The van der Waals surface area contributed by atoms with Crippen LogP contribution in [0.25, 0.3) is 11.4 Å². The van der Waals surface area contributed by atoms with E-state index in [9.17, 15) is 13.2 Å². The average molecular weight is 391 g/mol. The van der Waals surface area contributed by atoms with E-state index in [0.717, 1.165) is 24.0 Å². The van der Waals surface area contributed by atoms with E-state index in [2.05, 4.69) is 24.1 Å². The van der Waals surface area contributed by atoms with Crippen LogP contribution in [0.1, 0.15) is 36.1 Å². The van der Waals surface area contributed by atoms with Crippen molar-refractivity contribution in [2.24, 2.45) is 17.6 Å². The van der Waals surface area contributed by atoms with Crippen LogP contribution >= 0.6 is 0 Å². The molecule has 1 aliphatic carbocycles. The lowest BCUT2D eigenvalue weighted by Gasteiger charge is -2.20. The Kier molecular flexibility index (Phi) is 4.47. The Labute approximate surface area is 159 Å². The van der Waals surface area contributed by atoms with Gasteiger partial charge in [0.2, 0.25) is 10.0 Å². The number of aromatic nitrogens is 2. The van der Waals surface area contributed by atoms with Crippen molar-refractivity contribution >= 4 is 15.7 Å². The van der Waals surface area contributed by atoms with Gasteiger partial charge < -0.3 is 5.32 Å². The average Bonchev–Trinajstić information content (AvgIpc) is 2.86. The van der Waals surface area contributed by atoms with Crippen molar-refractivity contribution in [3.8, 4) is 11.4 Å². The molecule has 146 valence electrons. The fourth-order valence-corrected chi connectivity index (χ4v) is 5.35. The summed E-state index contributed by atoms with van der Waals surface area (Å²) in [6.07, 6.45) is 3.03. The normalized spacial score (nSPS) is 15.7. The molecule has 2 aromatic rings. The Morgan fingerprint density at radius 3 is 2.33 bits per heavy atom. The van der Waals surface area contributed by atoms with E-state index < -0.39 is 10.0 Å². The first-order valence-corrected chi connectivity index (χ1v) is 10.4. The summed E-state index contributed by atoms with van der Waals surface area (Å²) in [7, 11) is -0.609. The van der Waals surface area contributed by atoms with E-state index >= 15 is 0 Å². The zero-order valence-electron chi connectivity index (χ0n) is 16.6. The molecule has 0 bridgehead atoms. The molecular formula is C19H26N4O3S. The Morgan fingerprint density at radius 2 is 1.78 bits per heavy atom. The lowest BCUT2D eigenvalue weighted by atomic mass is 9.89. The topological polar surface area (TPSA) is 107 Å². The standard InChI is InChI=1S/C19H26N4O3S/c1-10-12-7-19(3,4)8-13(12)15(11(2)16(10)27(20,25)26)17-22-9-14(21-5)18(24)23(17)6/h9,21H,7-8H2,1-6H3,(H2,20,25,26). The van der Waals surface area contributed by atoms with Crippen LogP contribution in [0.2, 0.25) is 0 Å². The van der Waals surface area contributed by atoms with Gasteiger partial charge in [-0.2, -0.15) is 0 Å². The predicted molar refractivity (Wildman–Crippen MR) is 106 cm³/mol. The van der Waals surface area contributed by atoms with Gasteiger partial charge in [-0.3, -0.25) is 9.36 Å². The summed E-state index contributed by atoms with van der Waals surface area (Å²) in [6, 6.07) is 0. The quantitative estimate of drug-likeness (QED) is 0.832. The van der Waals surface area contributed by atoms with Crippen molar-refractivity contribution in [3.05, 3.63) is 38.8 Å². The Morgan fingerprint density at radius 1 is 1.19 bits per heavy atom. The summed E-state index contributed by atoms with van der Waals surface area (Å²) in [5, 5.41) is 8.38. The van der Waals surface area contributed by atoms with Crippen molar-refractivity contribution in [2.75, 3.05) is 12.4 Å². The third-order valence-electron chi connectivity index (χ3n) is 5.43. The Balaban J connectivity index is 2.47. The van der Waals surface area contributed by atoms with Crippen LogP contribution in [-0.4, -0.2) is 25.0 Å². The van der Waals surface area contributed by atoms with Gasteiger partial charge in [-0.15, -0.1) is 0 Å². The van der Waals surface area contributed by atoms with Crippen LogP contribution in [0.15, 0.2) is 15.9 Å². The molecule has 1 aliphatic rings. The van der Waals surface area contributed by atoms with Crippen molar-refractivity contribution in [2.45, 2.75) is 45.4 Å². The summed E-state index contributed by atoms with van der Waals surface area (Å²) in [5.41, 5.74) is 4.17. The summed E-state index contributed by atoms with van der Waals surface area (Å²) in [4.78, 5) is 17.2. The fourth-order valence-electron chi connectivity index (χ4n) is 4.27. The highest BCUT2D eigenvalue weighted by Gasteiger charge is 2.36. The molecule has 3 N–H and O–H groups in total. The maximum atomic E-state index is 12.6.